The zero-order valence-electron chi connectivity index (χ0n) is 11.9. The molecule has 0 saturated heterocycles. The first-order valence-corrected chi connectivity index (χ1v) is 6.71. The molecular weight excluding hydrogens is 274 g/mol. The highest BCUT2D eigenvalue weighted by molar-refractivity contribution is 5.96. The summed E-state index contributed by atoms with van der Waals surface area (Å²) in [5.74, 6) is -0.965. The molecule has 0 fully saturated rings. The maximum atomic E-state index is 12.2. The van der Waals surface area contributed by atoms with Gasteiger partial charge in [-0.25, -0.2) is 4.98 Å². The van der Waals surface area contributed by atoms with Crippen LogP contribution in [0.3, 0.4) is 0 Å². The minimum Gasteiger partial charge on any atom is -0.490 e. The minimum absolute atomic E-state index is 0.343. The second kappa shape index (κ2) is 6.25. The van der Waals surface area contributed by atoms with Gasteiger partial charge in [0, 0.05) is 6.20 Å². The van der Waals surface area contributed by atoms with Crippen LogP contribution in [0.5, 0.6) is 5.75 Å². The molecule has 2 aromatic rings. The third-order valence-corrected chi connectivity index (χ3v) is 2.94. The summed E-state index contributed by atoms with van der Waals surface area (Å²) in [6.45, 7) is 3.82. The average Bonchev–Trinajstić information content (AvgIpc) is 2.84. The van der Waals surface area contributed by atoms with E-state index in [1.165, 1.54) is 0 Å². The lowest BCUT2D eigenvalue weighted by Crippen LogP contribution is -2.30. The van der Waals surface area contributed by atoms with Crippen molar-refractivity contribution in [1.29, 1.82) is 0 Å². The van der Waals surface area contributed by atoms with Crippen molar-refractivity contribution in [3.63, 3.8) is 0 Å². The lowest BCUT2D eigenvalue weighted by Gasteiger charge is -2.06. The number of ether oxygens (including phenoxy) is 1. The molecule has 0 radical (unpaired) electrons. The van der Waals surface area contributed by atoms with E-state index in [1.807, 2.05) is 13.8 Å². The van der Waals surface area contributed by atoms with Crippen molar-refractivity contribution in [3.05, 3.63) is 29.7 Å². The van der Waals surface area contributed by atoms with Gasteiger partial charge in [0.25, 0.3) is 5.91 Å². The number of hydrogen-bond acceptors (Lipinski definition) is 4. The number of carbonyl (C=O) groups is 2. The normalized spacial score (nSPS) is 10.6. The van der Waals surface area contributed by atoms with Crippen LogP contribution < -0.4 is 10.1 Å². The van der Waals surface area contributed by atoms with Gasteiger partial charge in [-0.3, -0.25) is 14.0 Å². The number of nitrogens with zero attached hydrogens (tertiary/aromatic N) is 2. The minimum atomic E-state index is -1.09. The van der Waals surface area contributed by atoms with Crippen LogP contribution in [0.1, 0.15) is 30.0 Å². The number of rotatable bonds is 6. The predicted octanol–water partition coefficient (Wildman–Crippen LogP) is 1.11. The fraction of sp³-hybridized carbons (Fsp3) is 0.357. The van der Waals surface area contributed by atoms with Crippen molar-refractivity contribution in [1.82, 2.24) is 14.7 Å². The van der Waals surface area contributed by atoms with E-state index >= 15 is 0 Å². The molecule has 7 nitrogen and oxygen atoms in total. The number of carbonyl (C=O) groups excluding carboxylic acids is 1. The summed E-state index contributed by atoms with van der Waals surface area (Å²) in [7, 11) is 0. The molecule has 0 spiro atoms. The molecule has 0 aliphatic rings. The summed E-state index contributed by atoms with van der Waals surface area (Å²) in [5, 5.41) is 11.0. The van der Waals surface area contributed by atoms with Crippen LogP contribution in [-0.4, -0.2) is 39.5 Å². The molecule has 112 valence electrons. The van der Waals surface area contributed by atoms with Crippen molar-refractivity contribution in [3.8, 4) is 5.75 Å². The summed E-state index contributed by atoms with van der Waals surface area (Å²) in [6.07, 6.45) is 2.27. The Balaban J connectivity index is 2.48. The summed E-state index contributed by atoms with van der Waals surface area (Å²) >= 11 is 0. The maximum Gasteiger partial charge on any atom is 0.322 e. The van der Waals surface area contributed by atoms with Crippen molar-refractivity contribution in [2.75, 3.05) is 13.2 Å². The SMILES string of the molecule is CCOc1cccn2c(C(=O)NCC(=O)O)c(CC)nc12. The molecule has 0 aromatic carbocycles. The first-order valence-electron chi connectivity index (χ1n) is 6.71. The first-order chi connectivity index (χ1) is 10.1. The molecule has 2 N–H and O–H groups in total. The van der Waals surface area contributed by atoms with Crippen molar-refractivity contribution >= 4 is 17.5 Å². The largest absolute Gasteiger partial charge is 0.490 e. The maximum absolute atomic E-state index is 12.2. The Morgan fingerprint density at radius 3 is 2.81 bits per heavy atom. The molecule has 0 unspecified atom stereocenters. The molecule has 0 aliphatic carbocycles. The van der Waals surface area contributed by atoms with E-state index in [0.29, 0.717) is 35.8 Å². The van der Waals surface area contributed by atoms with Gasteiger partial charge >= 0.3 is 5.97 Å². The van der Waals surface area contributed by atoms with E-state index in [2.05, 4.69) is 10.3 Å². The van der Waals surface area contributed by atoms with Crippen LogP contribution in [0.25, 0.3) is 5.65 Å². The summed E-state index contributed by atoms with van der Waals surface area (Å²) in [4.78, 5) is 27.2. The number of carboxylic acid groups (broad SMARTS) is 1. The van der Waals surface area contributed by atoms with E-state index in [1.54, 1.807) is 22.7 Å². The van der Waals surface area contributed by atoms with Gasteiger partial charge in [-0.15, -0.1) is 0 Å². The monoisotopic (exact) mass is 291 g/mol. The van der Waals surface area contributed by atoms with Crippen LogP contribution in [0.2, 0.25) is 0 Å². The summed E-state index contributed by atoms with van der Waals surface area (Å²) in [5.41, 5.74) is 1.50. The van der Waals surface area contributed by atoms with E-state index in [0.717, 1.165) is 0 Å². The third kappa shape index (κ3) is 2.96. The van der Waals surface area contributed by atoms with E-state index in [-0.39, 0.29) is 0 Å². The summed E-state index contributed by atoms with van der Waals surface area (Å²) in [6, 6.07) is 3.54. The molecule has 7 heteroatoms. The molecule has 2 heterocycles. The van der Waals surface area contributed by atoms with Gasteiger partial charge in [-0.1, -0.05) is 6.92 Å². The standard InChI is InChI=1S/C14H17N3O4/c1-3-9-12(14(20)15-8-11(18)19)17-7-5-6-10(21-4-2)13(17)16-9/h5-7H,3-4,8H2,1-2H3,(H,15,20)(H,18,19). The third-order valence-electron chi connectivity index (χ3n) is 2.94. The Labute approximate surface area is 121 Å². The van der Waals surface area contributed by atoms with Crippen molar-refractivity contribution in [2.45, 2.75) is 20.3 Å². The number of imidazole rings is 1. The zero-order valence-corrected chi connectivity index (χ0v) is 11.9. The lowest BCUT2D eigenvalue weighted by molar-refractivity contribution is -0.135. The Bertz CT molecular complexity index is 678. The lowest BCUT2D eigenvalue weighted by atomic mass is 10.2. The molecule has 2 aromatic heterocycles. The Hall–Kier alpha value is -2.57. The number of aliphatic carboxylic acids is 1. The molecule has 1 amide bonds. The number of amides is 1. The van der Waals surface area contributed by atoms with Crippen LogP contribution in [0.4, 0.5) is 0 Å². The highest BCUT2D eigenvalue weighted by atomic mass is 16.5. The molecular formula is C14H17N3O4. The Kier molecular flexibility index (Phi) is 4.42. The van der Waals surface area contributed by atoms with E-state index < -0.39 is 18.4 Å². The summed E-state index contributed by atoms with van der Waals surface area (Å²) < 4.78 is 7.13. The second-order valence-corrected chi connectivity index (χ2v) is 4.34. The van der Waals surface area contributed by atoms with Crippen LogP contribution in [0.15, 0.2) is 18.3 Å². The van der Waals surface area contributed by atoms with Crippen LogP contribution >= 0.6 is 0 Å². The predicted molar refractivity (Wildman–Crippen MR) is 75.7 cm³/mol. The Morgan fingerprint density at radius 1 is 1.43 bits per heavy atom. The first kappa shape index (κ1) is 14.8. The van der Waals surface area contributed by atoms with Crippen LogP contribution in [-0.2, 0) is 11.2 Å². The topological polar surface area (TPSA) is 92.9 Å². The number of pyridine rings is 1. The molecule has 21 heavy (non-hydrogen) atoms. The highest BCUT2D eigenvalue weighted by Crippen LogP contribution is 2.22. The average molecular weight is 291 g/mol. The zero-order chi connectivity index (χ0) is 15.4. The molecule has 0 bridgehead atoms. The molecule has 0 atom stereocenters. The fourth-order valence-corrected chi connectivity index (χ4v) is 2.08. The highest BCUT2D eigenvalue weighted by Gasteiger charge is 2.20. The number of aromatic nitrogens is 2. The number of fused-ring (bicyclic) bond motifs is 1. The van der Waals surface area contributed by atoms with Gasteiger partial charge < -0.3 is 15.2 Å². The second-order valence-electron chi connectivity index (χ2n) is 4.34. The van der Waals surface area contributed by atoms with Crippen molar-refractivity contribution < 1.29 is 19.4 Å². The fourth-order valence-electron chi connectivity index (χ4n) is 2.08. The molecule has 2 rings (SSSR count). The van der Waals surface area contributed by atoms with E-state index in [4.69, 9.17) is 9.84 Å². The van der Waals surface area contributed by atoms with E-state index in [9.17, 15) is 9.59 Å². The molecule has 0 saturated carbocycles. The van der Waals surface area contributed by atoms with Gasteiger partial charge in [-0.05, 0) is 25.5 Å². The van der Waals surface area contributed by atoms with Gasteiger partial charge in [-0.2, -0.15) is 0 Å². The quantitative estimate of drug-likeness (QED) is 0.831. The number of hydrogen-bond donors (Lipinski definition) is 2. The number of nitrogens with one attached hydrogen (secondary N) is 1. The van der Waals surface area contributed by atoms with Gasteiger partial charge in [0.1, 0.15) is 12.2 Å². The van der Waals surface area contributed by atoms with Gasteiger partial charge in [0.05, 0.1) is 12.3 Å². The van der Waals surface area contributed by atoms with Gasteiger partial charge in [0.15, 0.2) is 11.4 Å². The van der Waals surface area contributed by atoms with Crippen LogP contribution in [0, 0.1) is 0 Å². The van der Waals surface area contributed by atoms with Gasteiger partial charge in [0.2, 0.25) is 0 Å². The smallest absolute Gasteiger partial charge is 0.322 e. The number of carboxylic acids is 1. The Morgan fingerprint density at radius 2 is 2.19 bits per heavy atom. The molecule has 0 aliphatic heterocycles. The number of aryl methyl sites for hydroxylation is 1. The van der Waals surface area contributed by atoms with Crippen molar-refractivity contribution in [2.24, 2.45) is 0 Å².